The third-order valence-corrected chi connectivity index (χ3v) is 8.39. The molecule has 4 aromatic heterocycles. The summed E-state index contributed by atoms with van der Waals surface area (Å²) in [7, 11) is 0. The minimum absolute atomic E-state index is 0.0966. The van der Waals surface area contributed by atoms with E-state index in [-0.39, 0.29) is 11.1 Å². The van der Waals surface area contributed by atoms with Gasteiger partial charge in [0.25, 0.3) is 11.1 Å². The van der Waals surface area contributed by atoms with Crippen LogP contribution in [0.4, 0.5) is 0 Å². The van der Waals surface area contributed by atoms with Gasteiger partial charge in [-0.15, -0.1) is 0 Å². The molecule has 0 amide bonds. The molecule has 0 saturated carbocycles. The maximum absolute atomic E-state index is 14.3. The van der Waals surface area contributed by atoms with Crippen LogP contribution >= 0.6 is 0 Å². The van der Waals surface area contributed by atoms with Crippen molar-refractivity contribution in [1.82, 2.24) is 13.4 Å². The first-order chi connectivity index (χ1) is 20.2. The second-order valence-electron chi connectivity index (χ2n) is 10.6. The number of aromatic nitrogens is 3. The molecule has 4 heterocycles. The molecule has 5 nitrogen and oxygen atoms in total. The molecule has 0 fully saturated rings. The van der Waals surface area contributed by atoms with Gasteiger partial charge in [0.15, 0.2) is 0 Å². The van der Waals surface area contributed by atoms with Gasteiger partial charge in [0, 0.05) is 10.8 Å². The Morgan fingerprint density at radius 1 is 0.415 bits per heavy atom. The lowest BCUT2D eigenvalue weighted by Gasteiger charge is -2.16. The van der Waals surface area contributed by atoms with Gasteiger partial charge in [-0.2, -0.15) is 0 Å². The fourth-order valence-corrected chi connectivity index (χ4v) is 6.56. The van der Waals surface area contributed by atoms with E-state index >= 15 is 0 Å². The van der Waals surface area contributed by atoms with Crippen LogP contribution in [-0.4, -0.2) is 13.4 Å². The number of rotatable bonds is 3. The summed E-state index contributed by atoms with van der Waals surface area (Å²) in [6.07, 6.45) is 0. The van der Waals surface area contributed by atoms with Crippen molar-refractivity contribution in [2.45, 2.75) is 0 Å². The van der Waals surface area contributed by atoms with E-state index in [9.17, 15) is 9.59 Å². The lowest BCUT2D eigenvalue weighted by atomic mass is 10.0. The second-order valence-corrected chi connectivity index (χ2v) is 10.6. The van der Waals surface area contributed by atoms with Crippen LogP contribution in [0.5, 0.6) is 0 Å². The van der Waals surface area contributed by atoms with Crippen LogP contribution in [0.25, 0.3) is 71.8 Å². The van der Waals surface area contributed by atoms with Crippen molar-refractivity contribution in [2.75, 3.05) is 0 Å². The van der Waals surface area contributed by atoms with Crippen LogP contribution in [0.3, 0.4) is 0 Å². The summed E-state index contributed by atoms with van der Waals surface area (Å²) in [4.78, 5) is 28.3. The van der Waals surface area contributed by atoms with E-state index in [0.717, 1.165) is 55.3 Å². The van der Waals surface area contributed by atoms with E-state index in [1.165, 1.54) is 0 Å². The fourth-order valence-electron chi connectivity index (χ4n) is 6.56. The number of hydrogen-bond donors (Lipinski definition) is 0. The van der Waals surface area contributed by atoms with E-state index in [0.29, 0.717) is 16.6 Å². The van der Waals surface area contributed by atoms with Crippen LogP contribution in [-0.2, 0) is 0 Å². The Kier molecular flexibility index (Phi) is 4.29. The number of hydrogen-bond acceptors (Lipinski definition) is 2. The lowest BCUT2D eigenvalue weighted by molar-refractivity contribution is 1.000. The lowest BCUT2D eigenvalue weighted by Crippen LogP contribution is -2.24. The topological polar surface area (TPSA) is 47.9 Å². The molecule has 0 saturated heterocycles. The Balaban J connectivity index is 1.39. The molecular formula is C36H21N3O2. The van der Waals surface area contributed by atoms with Crippen LogP contribution < -0.4 is 11.1 Å². The maximum Gasteiger partial charge on any atom is 0.279 e. The highest BCUT2D eigenvalue weighted by Crippen LogP contribution is 2.36. The van der Waals surface area contributed by atoms with E-state index in [2.05, 4.69) is 36.4 Å². The molecular weight excluding hydrogens is 506 g/mol. The largest absolute Gasteiger partial charge is 0.288 e. The van der Waals surface area contributed by atoms with Crippen molar-refractivity contribution in [2.24, 2.45) is 0 Å². The van der Waals surface area contributed by atoms with Crippen LogP contribution in [0.2, 0.25) is 0 Å². The number of benzene rings is 5. The average Bonchev–Trinajstić information content (AvgIpc) is 3.62. The fraction of sp³-hybridized carbons (Fsp3) is 0. The van der Waals surface area contributed by atoms with Gasteiger partial charge >= 0.3 is 0 Å². The number of nitrogens with zero attached hydrogens (tertiary/aromatic N) is 3. The summed E-state index contributed by atoms with van der Waals surface area (Å²) in [5.41, 5.74) is 8.47. The normalized spacial score (nSPS) is 12.1. The van der Waals surface area contributed by atoms with Gasteiger partial charge in [-0.05, 0) is 64.7 Å². The van der Waals surface area contributed by atoms with E-state index in [1.54, 1.807) is 8.97 Å². The van der Waals surface area contributed by atoms with Gasteiger partial charge in [0.1, 0.15) is 11.2 Å². The van der Waals surface area contributed by atoms with E-state index in [1.807, 2.05) is 95.4 Å². The van der Waals surface area contributed by atoms with Gasteiger partial charge < -0.3 is 0 Å². The Morgan fingerprint density at radius 2 is 1.05 bits per heavy atom. The Labute approximate surface area is 233 Å². The standard InChI is InChI=1S/C36H21N3O2/c40-35-28-16-15-27-29-21-25(23-10-5-2-6-11-23)14-17-30(29)39-33(27)34(28)38-31(36(39)41)18-19-32(38)37(35)26-13-7-12-24(20-26)22-8-3-1-4-9-22/h1-21H. The van der Waals surface area contributed by atoms with Crippen molar-refractivity contribution in [3.8, 4) is 27.9 Å². The quantitative estimate of drug-likeness (QED) is 0.241. The predicted octanol–water partition coefficient (Wildman–Crippen LogP) is 7.37. The molecule has 0 aliphatic heterocycles. The molecule has 0 aliphatic carbocycles. The molecule has 41 heavy (non-hydrogen) atoms. The molecule has 0 atom stereocenters. The third kappa shape index (κ3) is 2.89. The molecule has 0 unspecified atom stereocenters. The minimum atomic E-state index is -0.111. The Bertz CT molecular complexity index is 2560. The smallest absolute Gasteiger partial charge is 0.279 e. The molecule has 5 heteroatoms. The molecule has 9 rings (SSSR count). The second kappa shape index (κ2) is 7.93. The first-order valence-corrected chi connectivity index (χ1v) is 13.6. The van der Waals surface area contributed by atoms with Crippen LogP contribution in [0, 0.1) is 0 Å². The van der Waals surface area contributed by atoms with Gasteiger partial charge in [0.05, 0.1) is 27.6 Å². The third-order valence-electron chi connectivity index (χ3n) is 8.39. The van der Waals surface area contributed by atoms with Crippen LogP contribution in [0.15, 0.2) is 137 Å². The number of fused-ring (bicyclic) bond motifs is 3. The van der Waals surface area contributed by atoms with Crippen molar-refractivity contribution in [3.05, 3.63) is 148 Å². The average molecular weight is 528 g/mol. The van der Waals surface area contributed by atoms with Crippen LogP contribution in [0.1, 0.15) is 0 Å². The highest BCUT2D eigenvalue weighted by molar-refractivity contribution is 6.18. The predicted molar refractivity (Wildman–Crippen MR) is 166 cm³/mol. The summed E-state index contributed by atoms with van der Waals surface area (Å²) >= 11 is 0. The molecule has 5 aromatic carbocycles. The highest BCUT2D eigenvalue weighted by Gasteiger charge is 2.24. The molecule has 0 bridgehead atoms. The Morgan fingerprint density at radius 3 is 1.80 bits per heavy atom. The highest BCUT2D eigenvalue weighted by atomic mass is 16.1. The molecule has 0 N–H and O–H groups in total. The monoisotopic (exact) mass is 527 g/mol. The maximum atomic E-state index is 14.3. The first kappa shape index (κ1) is 22.2. The van der Waals surface area contributed by atoms with E-state index in [4.69, 9.17) is 0 Å². The summed E-state index contributed by atoms with van der Waals surface area (Å²) in [6.45, 7) is 0. The molecule has 192 valence electrons. The SMILES string of the molecule is O=c1c2ccc3c4cc(-c5ccccc5)ccc4n4c(=O)c5ccc(n1-c1cccc(-c6ccccc6)c1)n5c2c34. The van der Waals surface area contributed by atoms with Crippen molar-refractivity contribution < 1.29 is 0 Å². The zero-order chi connectivity index (χ0) is 27.2. The summed E-state index contributed by atoms with van der Waals surface area (Å²) in [5, 5.41) is 2.53. The van der Waals surface area contributed by atoms with Crippen molar-refractivity contribution >= 4 is 43.9 Å². The minimum Gasteiger partial charge on any atom is -0.288 e. The Hall–Kier alpha value is -5.68. The first-order valence-electron chi connectivity index (χ1n) is 13.6. The van der Waals surface area contributed by atoms with E-state index < -0.39 is 0 Å². The van der Waals surface area contributed by atoms with Gasteiger partial charge in [-0.25, -0.2) is 0 Å². The molecule has 0 radical (unpaired) electrons. The molecule has 9 aromatic rings. The zero-order valence-electron chi connectivity index (χ0n) is 21.8. The van der Waals surface area contributed by atoms with Crippen molar-refractivity contribution in [1.29, 1.82) is 0 Å². The van der Waals surface area contributed by atoms with Gasteiger partial charge in [0.2, 0.25) is 0 Å². The molecule has 0 aliphatic rings. The summed E-state index contributed by atoms with van der Waals surface area (Å²) in [5.74, 6) is 0. The molecule has 0 spiro atoms. The summed E-state index contributed by atoms with van der Waals surface area (Å²) < 4.78 is 5.48. The van der Waals surface area contributed by atoms with Gasteiger partial charge in [-0.3, -0.25) is 23.0 Å². The van der Waals surface area contributed by atoms with Crippen molar-refractivity contribution in [3.63, 3.8) is 0 Å². The summed E-state index contributed by atoms with van der Waals surface area (Å²) in [6, 6.07) is 42.2. The zero-order valence-corrected chi connectivity index (χ0v) is 21.8. The van der Waals surface area contributed by atoms with Gasteiger partial charge in [-0.1, -0.05) is 84.9 Å².